The number of methoxy groups -OCH3 is 1. The number of nitro benzene ring substituents is 1. The van der Waals surface area contributed by atoms with Crippen LogP contribution in [-0.4, -0.2) is 21.2 Å². The normalized spacial score (nSPS) is 11.6. The molecule has 8 heteroatoms. The van der Waals surface area contributed by atoms with Crippen LogP contribution in [0.5, 0.6) is 5.75 Å². The summed E-state index contributed by atoms with van der Waals surface area (Å²) in [7, 11) is 1.48. The van der Waals surface area contributed by atoms with Crippen LogP contribution in [0.2, 0.25) is 0 Å². The molecule has 246 valence electrons. The molecule has 9 rings (SSSR count). The fourth-order valence-electron chi connectivity index (χ4n) is 7.44. The summed E-state index contributed by atoms with van der Waals surface area (Å²) in [5, 5.41) is 16.4. The Morgan fingerprint density at radius 1 is 0.510 bits per heavy atom. The zero-order valence-electron chi connectivity index (χ0n) is 27.2. The maximum absolute atomic E-state index is 16.4. The number of nitro groups is 1. The van der Waals surface area contributed by atoms with E-state index in [2.05, 4.69) is 16.7 Å². The van der Waals surface area contributed by atoms with Crippen molar-refractivity contribution < 1.29 is 18.4 Å². The van der Waals surface area contributed by atoms with E-state index in [-0.39, 0.29) is 22.4 Å². The van der Waals surface area contributed by atoms with Gasteiger partial charge in [0.1, 0.15) is 17.4 Å². The van der Waals surface area contributed by atoms with Crippen molar-refractivity contribution >= 4 is 49.3 Å². The Morgan fingerprint density at radius 3 is 1.33 bits per heavy atom. The minimum absolute atomic E-state index is 0.0306. The number of halogens is 2. The maximum Gasteiger partial charge on any atom is 0.277 e. The first kappa shape index (κ1) is 30.3. The van der Waals surface area contributed by atoms with E-state index in [9.17, 15) is 10.1 Å². The van der Waals surface area contributed by atoms with Gasteiger partial charge < -0.3 is 13.9 Å². The molecule has 0 amide bonds. The number of rotatable bonds is 6. The first-order valence-corrected chi connectivity index (χ1v) is 16.4. The van der Waals surface area contributed by atoms with E-state index >= 15 is 8.78 Å². The molecule has 0 spiro atoms. The highest BCUT2D eigenvalue weighted by molar-refractivity contribution is 6.10. The lowest BCUT2D eigenvalue weighted by Crippen LogP contribution is -2.01. The number of para-hydroxylation sites is 4. The molecule has 0 saturated heterocycles. The van der Waals surface area contributed by atoms with Crippen LogP contribution in [-0.2, 0) is 0 Å². The third-order valence-corrected chi connectivity index (χ3v) is 9.67. The summed E-state index contributed by atoms with van der Waals surface area (Å²) in [6.07, 6.45) is 0. The molecule has 2 heterocycles. The molecule has 51 heavy (non-hydrogen) atoms. The number of fused-ring (bicyclic) bond motifs is 6. The minimum Gasteiger partial charge on any atom is -0.496 e. The quantitative estimate of drug-likeness (QED) is 0.131. The van der Waals surface area contributed by atoms with Gasteiger partial charge in [0.05, 0.1) is 39.7 Å². The van der Waals surface area contributed by atoms with Crippen LogP contribution in [0, 0.1) is 21.7 Å². The predicted molar refractivity (Wildman–Crippen MR) is 199 cm³/mol. The molecule has 0 aliphatic carbocycles. The summed E-state index contributed by atoms with van der Waals surface area (Å²) in [5.41, 5.74) is 4.74. The highest BCUT2D eigenvalue weighted by Crippen LogP contribution is 2.42. The van der Waals surface area contributed by atoms with Crippen molar-refractivity contribution in [3.05, 3.63) is 167 Å². The highest BCUT2D eigenvalue weighted by Gasteiger charge is 2.24. The molecule has 0 atom stereocenters. The summed E-state index contributed by atoms with van der Waals surface area (Å²) < 4.78 is 42.5. The Bertz CT molecular complexity index is 2770. The molecule has 0 N–H and O–H groups in total. The van der Waals surface area contributed by atoms with Crippen molar-refractivity contribution in [2.24, 2.45) is 0 Å². The zero-order chi connectivity index (χ0) is 34.8. The minimum atomic E-state index is -0.807. The van der Waals surface area contributed by atoms with Crippen LogP contribution in [0.4, 0.5) is 14.5 Å². The maximum atomic E-state index is 16.4. The van der Waals surface area contributed by atoms with Crippen LogP contribution in [0.25, 0.3) is 77.2 Å². The molecule has 2 aromatic heterocycles. The topological polar surface area (TPSA) is 62.2 Å². The van der Waals surface area contributed by atoms with E-state index in [1.54, 1.807) is 24.3 Å². The van der Waals surface area contributed by atoms with Crippen LogP contribution in [0.15, 0.2) is 146 Å². The van der Waals surface area contributed by atoms with Gasteiger partial charge >= 0.3 is 0 Å². The summed E-state index contributed by atoms with van der Waals surface area (Å²) in [6, 6.07) is 43.8. The first-order valence-electron chi connectivity index (χ1n) is 16.4. The second kappa shape index (κ2) is 11.7. The fourth-order valence-corrected chi connectivity index (χ4v) is 7.44. The molecule has 0 aliphatic rings. The third-order valence-electron chi connectivity index (χ3n) is 9.67. The zero-order valence-corrected chi connectivity index (χ0v) is 27.2. The molecular weight excluding hydrogens is 644 g/mol. The summed E-state index contributed by atoms with van der Waals surface area (Å²) in [5.74, 6) is -1.20. The number of hydrogen-bond acceptors (Lipinski definition) is 3. The lowest BCUT2D eigenvalue weighted by atomic mass is 9.96. The third kappa shape index (κ3) is 4.68. The van der Waals surface area contributed by atoms with Gasteiger partial charge in [0.15, 0.2) is 0 Å². The number of benzene rings is 7. The van der Waals surface area contributed by atoms with E-state index in [1.807, 2.05) is 95.6 Å². The van der Waals surface area contributed by atoms with Gasteiger partial charge in [-0.3, -0.25) is 10.1 Å². The summed E-state index contributed by atoms with van der Waals surface area (Å²) >= 11 is 0. The summed E-state index contributed by atoms with van der Waals surface area (Å²) in [6.45, 7) is 0. The van der Waals surface area contributed by atoms with E-state index in [0.717, 1.165) is 61.4 Å². The molecule has 0 radical (unpaired) electrons. The smallest absolute Gasteiger partial charge is 0.277 e. The molecule has 0 aliphatic heterocycles. The average Bonchev–Trinajstić information content (AvgIpc) is 3.68. The lowest BCUT2D eigenvalue weighted by Gasteiger charge is -2.16. The van der Waals surface area contributed by atoms with Gasteiger partial charge in [-0.05, 0) is 66.7 Å². The summed E-state index contributed by atoms with van der Waals surface area (Å²) in [4.78, 5) is 11.7. The van der Waals surface area contributed by atoms with Crippen molar-refractivity contribution in [3.63, 3.8) is 0 Å². The van der Waals surface area contributed by atoms with Gasteiger partial charge in [0, 0.05) is 55.7 Å². The lowest BCUT2D eigenvalue weighted by molar-refractivity contribution is -0.384. The van der Waals surface area contributed by atoms with E-state index < -0.39 is 16.6 Å². The van der Waals surface area contributed by atoms with Crippen LogP contribution < -0.4 is 4.74 Å². The predicted octanol–water partition coefficient (Wildman–Crippen LogP) is 11.4. The molecule has 9 aromatic rings. The Balaban J connectivity index is 1.22. The Hall–Kier alpha value is -6.80. The van der Waals surface area contributed by atoms with Gasteiger partial charge in [-0.15, -0.1) is 0 Å². The van der Waals surface area contributed by atoms with Crippen LogP contribution in [0.3, 0.4) is 0 Å². The standard InChI is InChI=1S/C43H27F2N3O3/c1-51-43-21-19-27(47-40-16-8-4-12-30(40)31-13-5-9-17-41(31)47)23-35(43)33-25-36(44)32(24-37(33)45)34-22-26(18-20-42(34)48(49)50)46-38-14-6-2-10-28(38)29-11-3-7-15-39(29)46/h2-25H,1H3. The molecular formula is C43H27F2N3O3. The molecule has 0 fully saturated rings. The highest BCUT2D eigenvalue weighted by atomic mass is 19.1. The SMILES string of the molecule is COc1ccc(-n2c3ccccc3c3ccccc32)cc1-c1cc(F)c(-c2cc(-n3c4ccccc4c4ccccc43)ccc2[N+](=O)[O-])cc1F. The largest absolute Gasteiger partial charge is 0.496 e. The van der Waals surface area contributed by atoms with Gasteiger partial charge in [-0.2, -0.15) is 0 Å². The monoisotopic (exact) mass is 671 g/mol. The second-order valence-corrected chi connectivity index (χ2v) is 12.4. The van der Waals surface area contributed by atoms with Crippen molar-refractivity contribution in [1.82, 2.24) is 9.13 Å². The Morgan fingerprint density at radius 2 is 0.902 bits per heavy atom. The Kier molecular flexibility index (Phi) is 6.93. The number of ether oxygens (including phenoxy) is 1. The van der Waals surface area contributed by atoms with Gasteiger partial charge in [-0.25, -0.2) is 8.78 Å². The van der Waals surface area contributed by atoms with E-state index in [0.29, 0.717) is 17.0 Å². The molecule has 7 aromatic carbocycles. The fraction of sp³-hybridized carbons (Fsp3) is 0.0233. The number of hydrogen-bond donors (Lipinski definition) is 0. The van der Waals surface area contributed by atoms with E-state index in [1.165, 1.54) is 13.2 Å². The van der Waals surface area contributed by atoms with Crippen molar-refractivity contribution in [2.45, 2.75) is 0 Å². The molecule has 0 bridgehead atoms. The second-order valence-electron chi connectivity index (χ2n) is 12.4. The van der Waals surface area contributed by atoms with Crippen LogP contribution >= 0.6 is 0 Å². The average molecular weight is 672 g/mol. The Labute approximate surface area is 290 Å². The van der Waals surface area contributed by atoms with Crippen molar-refractivity contribution in [3.8, 4) is 39.4 Å². The van der Waals surface area contributed by atoms with Crippen molar-refractivity contribution in [1.29, 1.82) is 0 Å². The molecule has 0 saturated carbocycles. The van der Waals surface area contributed by atoms with Crippen molar-refractivity contribution in [2.75, 3.05) is 7.11 Å². The van der Waals surface area contributed by atoms with Crippen LogP contribution in [0.1, 0.15) is 0 Å². The molecule has 6 nitrogen and oxygen atoms in total. The molecule has 0 unspecified atom stereocenters. The number of aromatic nitrogens is 2. The van der Waals surface area contributed by atoms with Gasteiger partial charge in [0.2, 0.25) is 0 Å². The van der Waals surface area contributed by atoms with E-state index in [4.69, 9.17) is 4.74 Å². The van der Waals surface area contributed by atoms with Gasteiger partial charge in [-0.1, -0.05) is 72.8 Å². The van der Waals surface area contributed by atoms with Gasteiger partial charge in [0.25, 0.3) is 5.69 Å². The number of nitrogens with zero attached hydrogens (tertiary/aromatic N) is 3. The first-order chi connectivity index (χ1) is 24.9.